The van der Waals surface area contributed by atoms with Crippen molar-refractivity contribution in [1.82, 2.24) is 9.80 Å². The monoisotopic (exact) mass is 186 g/mol. The molecule has 1 fully saturated rings. The molecule has 0 aromatic rings. The maximum atomic E-state index is 2.34. The second kappa shape index (κ2) is 6.23. The predicted molar refractivity (Wildman–Crippen MR) is 49.2 cm³/mol. The largest absolute Gasteiger partial charge is 0.294 e. The van der Waals surface area contributed by atoms with Crippen molar-refractivity contribution in [2.24, 2.45) is 0 Å². The van der Waals surface area contributed by atoms with E-state index in [4.69, 9.17) is 0 Å². The summed E-state index contributed by atoms with van der Waals surface area (Å²) in [7, 11) is 4.32. The standard InChI is InChI=1S/C6H14N2.2ClH/c1-7-4-3-5-8(2)6-7;;/h3-6H2,1-2H3;2*1H. The highest BCUT2D eigenvalue weighted by Gasteiger charge is 2.08. The summed E-state index contributed by atoms with van der Waals surface area (Å²) in [5.74, 6) is 0. The van der Waals surface area contributed by atoms with E-state index < -0.39 is 0 Å². The summed E-state index contributed by atoms with van der Waals surface area (Å²) in [6, 6.07) is 0. The molecule has 0 spiro atoms. The van der Waals surface area contributed by atoms with Crippen molar-refractivity contribution in [3.8, 4) is 0 Å². The van der Waals surface area contributed by atoms with E-state index in [-0.39, 0.29) is 24.8 Å². The van der Waals surface area contributed by atoms with Crippen molar-refractivity contribution in [2.75, 3.05) is 33.9 Å². The maximum Gasteiger partial charge on any atom is 0.0500 e. The van der Waals surface area contributed by atoms with Crippen molar-refractivity contribution in [2.45, 2.75) is 6.42 Å². The Labute approximate surface area is 75.4 Å². The van der Waals surface area contributed by atoms with E-state index in [1.54, 1.807) is 0 Å². The first-order chi connectivity index (χ1) is 3.79. The van der Waals surface area contributed by atoms with E-state index in [9.17, 15) is 0 Å². The molecule has 10 heavy (non-hydrogen) atoms. The zero-order valence-electron chi connectivity index (χ0n) is 6.54. The molecule has 0 N–H and O–H groups in total. The summed E-state index contributed by atoms with van der Waals surface area (Å²) in [4.78, 5) is 4.67. The van der Waals surface area contributed by atoms with Crippen molar-refractivity contribution < 1.29 is 0 Å². The molecule has 1 rings (SSSR count). The van der Waals surface area contributed by atoms with Crippen LogP contribution in [0.4, 0.5) is 0 Å². The molecule has 0 unspecified atom stereocenters. The van der Waals surface area contributed by atoms with Gasteiger partial charge in [-0.2, -0.15) is 0 Å². The Morgan fingerprint density at radius 2 is 1.30 bits per heavy atom. The van der Waals surface area contributed by atoms with Gasteiger partial charge in [0.25, 0.3) is 0 Å². The molecule has 1 aliphatic rings. The van der Waals surface area contributed by atoms with Gasteiger partial charge < -0.3 is 0 Å². The second-order valence-electron chi connectivity index (χ2n) is 2.65. The molecule has 0 aromatic heterocycles. The van der Waals surface area contributed by atoms with Crippen LogP contribution in [-0.2, 0) is 0 Å². The molecule has 0 radical (unpaired) electrons. The van der Waals surface area contributed by atoms with E-state index >= 15 is 0 Å². The highest BCUT2D eigenvalue weighted by molar-refractivity contribution is 5.85. The Balaban J connectivity index is 0. The van der Waals surface area contributed by atoms with E-state index in [1.807, 2.05) is 0 Å². The second-order valence-corrected chi connectivity index (χ2v) is 2.65. The summed E-state index contributed by atoms with van der Waals surface area (Å²) >= 11 is 0. The van der Waals surface area contributed by atoms with Crippen LogP contribution in [0.3, 0.4) is 0 Å². The minimum atomic E-state index is 0. The molecule has 2 nitrogen and oxygen atoms in total. The fourth-order valence-electron chi connectivity index (χ4n) is 1.16. The quantitative estimate of drug-likeness (QED) is 0.559. The molecule has 0 amide bonds. The van der Waals surface area contributed by atoms with E-state index in [0.29, 0.717) is 0 Å². The van der Waals surface area contributed by atoms with Crippen LogP contribution in [0.25, 0.3) is 0 Å². The minimum Gasteiger partial charge on any atom is -0.294 e. The van der Waals surface area contributed by atoms with E-state index in [0.717, 1.165) is 6.67 Å². The SMILES string of the molecule is CN1CCCN(C)C1.Cl.Cl. The minimum absolute atomic E-state index is 0. The van der Waals surface area contributed by atoms with Crippen LogP contribution in [0.1, 0.15) is 6.42 Å². The summed E-state index contributed by atoms with van der Waals surface area (Å²) in [5.41, 5.74) is 0. The first-order valence-electron chi connectivity index (χ1n) is 3.16. The van der Waals surface area contributed by atoms with Crippen LogP contribution in [-0.4, -0.2) is 43.7 Å². The Morgan fingerprint density at radius 3 is 1.50 bits per heavy atom. The molecule has 4 heteroatoms. The number of nitrogens with zero attached hydrogens (tertiary/aromatic N) is 2. The normalized spacial score (nSPS) is 21.0. The fraction of sp³-hybridized carbons (Fsp3) is 1.00. The predicted octanol–water partition coefficient (Wildman–Crippen LogP) is 1.05. The average molecular weight is 187 g/mol. The van der Waals surface area contributed by atoms with Crippen molar-refractivity contribution in [1.29, 1.82) is 0 Å². The Morgan fingerprint density at radius 1 is 0.900 bits per heavy atom. The van der Waals surface area contributed by atoms with Gasteiger partial charge in [0.1, 0.15) is 0 Å². The van der Waals surface area contributed by atoms with Gasteiger partial charge in [0.15, 0.2) is 0 Å². The van der Waals surface area contributed by atoms with Crippen molar-refractivity contribution >= 4 is 24.8 Å². The van der Waals surface area contributed by atoms with Crippen LogP contribution in [0, 0.1) is 0 Å². The van der Waals surface area contributed by atoms with Crippen LogP contribution < -0.4 is 0 Å². The number of hydrogen-bond acceptors (Lipinski definition) is 2. The zero-order chi connectivity index (χ0) is 5.98. The lowest BCUT2D eigenvalue weighted by atomic mass is 10.3. The van der Waals surface area contributed by atoms with Crippen molar-refractivity contribution in [3.63, 3.8) is 0 Å². The lowest BCUT2D eigenvalue weighted by Gasteiger charge is -2.29. The van der Waals surface area contributed by atoms with Gasteiger partial charge in [-0.05, 0) is 20.5 Å². The maximum absolute atomic E-state index is 2.34. The highest BCUT2D eigenvalue weighted by Crippen LogP contribution is 1.98. The van der Waals surface area contributed by atoms with Gasteiger partial charge in [-0.15, -0.1) is 24.8 Å². The third-order valence-corrected chi connectivity index (χ3v) is 1.56. The first-order valence-corrected chi connectivity index (χ1v) is 3.16. The van der Waals surface area contributed by atoms with Crippen LogP contribution in [0.2, 0.25) is 0 Å². The van der Waals surface area contributed by atoms with Gasteiger partial charge >= 0.3 is 0 Å². The molecule has 1 aliphatic heterocycles. The zero-order valence-corrected chi connectivity index (χ0v) is 8.17. The molecule has 0 atom stereocenters. The van der Waals surface area contributed by atoms with Crippen LogP contribution >= 0.6 is 24.8 Å². The topological polar surface area (TPSA) is 6.48 Å². The molecular formula is C6H16Cl2N2. The van der Waals surface area contributed by atoms with Crippen LogP contribution in [0.15, 0.2) is 0 Å². The molecule has 0 aliphatic carbocycles. The summed E-state index contributed by atoms with van der Waals surface area (Å²) in [6.07, 6.45) is 1.33. The molecule has 0 saturated carbocycles. The van der Waals surface area contributed by atoms with Gasteiger partial charge in [0.05, 0.1) is 6.67 Å². The molecule has 64 valence electrons. The Hall–Kier alpha value is 0.500. The molecule has 0 bridgehead atoms. The lowest BCUT2D eigenvalue weighted by molar-refractivity contribution is 0.133. The Kier molecular flexibility index (Phi) is 8.17. The summed E-state index contributed by atoms with van der Waals surface area (Å²) in [5, 5.41) is 0. The highest BCUT2D eigenvalue weighted by atomic mass is 35.5. The van der Waals surface area contributed by atoms with Gasteiger partial charge in [-0.25, -0.2) is 0 Å². The third kappa shape index (κ3) is 4.34. The number of rotatable bonds is 0. The molecule has 0 aromatic carbocycles. The number of halogens is 2. The lowest BCUT2D eigenvalue weighted by Crippen LogP contribution is -2.40. The fourth-order valence-corrected chi connectivity index (χ4v) is 1.16. The third-order valence-electron chi connectivity index (χ3n) is 1.56. The van der Waals surface area contributed by atoms with Crippen LogP contribution in [0.5, 0.6) is 0 Å². The van der Waals surface area contributed by atoms with Crippen molar-refractivity contribution in [3.05, 3.63) is 0 Å². The van der Waals surface area contributed by atoms with Gasteiger partial charge in [0, 0.05) is 13.1 Å². The first kappa shape index (κ1) is 13.1. The number of hydrogen-bond donors (Lipinski definition) is 0. The summed E-state index contributed by atoms with van der Waals surface area (Å²) in [6.45, 7) is 3.68. The van der Waals surface area contributed by atoms with E-state index in [1.165, 1.54) is 19.5 Å². The smallest absolute Gasteiger partial charge is 0.0500 e. The molecular weight excluding hydrogens is 171 g/mol. The van der Waals surface area contributed by atoms with Gasteiger partial charge in [-0.1, -0.05) is 0 Å². The Bertz CT molecular complexity index is 72.1. The van der Waals surface area contributed by atoms with E-state index in [2.05, 4.69) is 23.9 Å². The van der Waals surface area contributed by atoms with Gasteiger partial charge in [0.2, 0.25) is 0 Å². The summed E-state index contributed by atoms with van der Waals surface area (Å²) < 4.78 is 0. The molecule has 1 heterocycles. The average Bonchev–Trinajstić information content (AvgIpc) is 1.64. The molecule has 1 saturated heterocycles. The van der Waals surface area contributed by atoms with Gasteiger partial charge in [-0.3, -0.25) is 9.80 Å².